The van der Waals surface area contributed by atoms with E-state index in [1.165, 1.54) is 0 Å². The molecule has 2 aromatic carbocycles. The van der Waals surface area contributed by atoms with Crippen molar-refractivity contribution in [1.29, 1.82) is 0 Å². The number of nitrogens with zero attached hydrogens (tertiary/aromatic N) is 1. The zero-order valence-corrected chi connectivity index (χ0v) is 13.9. The first-order valence-corrected chi connectivity index (χ1v) is 7.94. The summed E-state index contributed by atoms with van der Waals surface area (Å²) in [5, 5.41) is 1.51. The van der Waals surface area contributed by atoms with Crippen LogP contribution in [0.15, 0.2) is 36.4 Å². The molecular weight excluding hydrogens is 319 g/mol. The van der Waals surface area contributed by atoms with Crippen molar-refractivity contribution in [2.75, 3.05) is 13.7 Å². The van der Waals surface area contributed by atoms with E-state index in [-0.39, 0.29) is 6.04 Å². The van der Waals surface area contributed by atoms with Crippen molar-refractivity contribution in [3.05, 3.63) is 63.1 Å². The third-order valence-corrected chi connectivity index (χ3v) is 4.87. The number of ether oxygens (including phenoxy) is 1. The highest BCUT2D eigenvalue weighted by Crippen LogP contribution is 2.43. The molecule has 3 nitrogen and oxygen atoms in total. The van der Waals surface area contributed by atoms with Gasteiger partial charge < -0.3 is 10.5 Å². The van der Waals surface area contributed by atoms with E-state index in [2.05, 4.69) is 4.90 Å². The van der Waals surface area contributed by atoms with Crippen LogP contribution in [0.2, 0.25) is 10.0 Å². The molecule has 0 radical (unpaired) electrons. The van der Waals surface area contributed by atoms with Crippen molar-refractivity contribution in [1.82, 2.24) is 4.90 Å². The summed E-state index contributed by atoms with van der Waals surface area (Å²) in [6.07, 6.45) is 0. The van der Waals surface area contributed by atoms with E-state index in [0.29, 0.717) is 6.54 Å². The van der Waals surface area contributed by atoms with Gasteiger partial charge in [-0.1, -0.05) is 41.4 Å². The number of halogens is 2. The standard InChI is InChI=1S/C17H18Cl2N2O/c1-22-16-7-6-14(19)17-12(16)10-21(15(17)8-20)9-11-4-2-3-5-13(11)18/h2-7,15H,8-10,20H2,1H3. The van der Waals surface area contributed by atoms with Gasteiger partial charge in [0.25, 0.3) is 0 Å². The predicted octanol–water partition coefficient (Wildman–Crippen LogP) is 4.02. The lowest BCUT2D eigenvalue weighted by Gasteiger charge is -2.24. The largest absolute Gasteiger partial charge is 0.496 e. The van der Waals surface area contributed by atoms with Gasteiger partial charge >= 0.3 is 0 Å². The van der Waals surface area contributed by atoms with Crippen LogP contribution in [-0.2, 0) is 13.1 Å². The molecule has 1 atom stereocenters. The van der Waals surface area contributed by atoms with E-state index in [0.717, 1.165) is 45.6 Å². The second-order valence-corrected chi connectivity index (χ2v) is 6.20. The molecule has 1 aliphatic rings. The van der Waals surface area contributed by atoms with Crippen molar-refractivity contribution in [3.63, 3.8) is 0 Å². The van der Waals surface area contributed by atoms with Gasteiger partial charge in [-0.15, -0.1) is 0 Å². The van der Waals surface area contributed by atoms with E-state index in [4.69, 9.17) is 33.7 Å². The molecule has 0 amide bonds. The van der Waals surface area contributed by atoms with Crippen LogP contribution in [0.4, 0.5) is 0 Å². The van der Waals surface area contributed by atoms with Crippen LogP contribution in [0.1, 0.15) is 22.7 Å². The molecule has 0 aromatic heterocycles. The van der Waals surface area contributed by atoms with E-state index in [1.54, 1.807) is 7.11 Å². The molecule has 0 spiro atoms. The summed E-state index contributed by atoms with van der Waals surface area (Å²) in [6, 6.07) is 11.7. The summed E-state index contributed by atoms with van der Waals surface area (Å²) in [5.41, 5.74) is 9.31. The Hall–Kier alpha value is -1.26. The second-order valence-electron chi connectivity index (χ2n) is 5.39. The van der Waals surface area contributed by atoms with Gasteiger partial charge in [0.2, 0.25) is 0 Å². The number of hydrogen-bond acceptors (Lipinski definition) is 3. The number of nitrogens with two attached hydrogens (primary N) is 1. The number of fused-ring (bicyclic) bond motifs is 1. The molecule has 0 aliphatic carbocycles. The summed E-state index contributed by atoms with van der Waals surface area (Å²) in [7, 11) is 1.68. The molecule has 2 N–H and O–H groups in total. The number of hydrogen-bond donors (Lipinski definition) is 1. The number of methoxy groups -OCH3 is 1. The Balaban J connectivity index is 1.96. The summed E-state index contributed by atoms with van der Waals surface area (Å²) < 4.78 is 5.47. The van der Waals surface area contributed by atoms with Gasteiger partial charge in [0.05, 0.1) is 7.11 Å². The molecule has 3 rings (SSSR count). The topological polar surface area (TPSA) is 38.5 Å². The van der Waals surface area contributed by atoms with Gasteiger partial charge in [0.1, 0.15) is 5.75 Å². The van der Waals surface area contributed by atoms with Crippen LogP contribution in [0.5, 0.6) is 5.75 Å². The van der Waals surface area contributed by atoms with Gasteiger partial charge in [-0.25, -0.2) is 0 Å². The third kappa shape index (κ3) is 2.70. The van der Waals surface area contributed by atoms with Crippen LogP contribution in [-0.4, -0.2) is 18.6 Å². The molecule has 0 saturated carbocycles. The van der Waals surface area contributed by atoms with E-state index < -0.39 is 0 Å². The normalized spacial score (nSPS) is 17.5. The van der Waals surface area contributed by atoms with Gasteiger partial charge in [-0.05, 0) is 29.3 Å². The molecule has 116 valence electrons. The maximum Gasteiger partial charge on any atom is 0.123 e. The molecule has 0 bridgehead atoms. The molecule has 1 aliphatic heterocycles. The number of rotatable bonds is 4. The summed E-state index contributed by atoms with van der Waals surface area (Å²) in [6.45, 7) is 1.99. The average Bonchev–Trinajstić information content (AvgIpc) is 2.89. The lowest BCUT2D eigenvalue weighted by molar-refractivity contribution is 0.210. The minimum absolute atomic E-state index is 0.0777. The Morgan fingerprint density at radius 3 is 2.64 bits per heavy atom. The maximum absolute atomic E-state index is 6.41. The average molecular weight is 337 g/mol. The first-order chi connectivity index (χ1) is 10.7. The minimum Gasteiger partial charge on any atom is -0.496 e. The molecule has 1 unspecified atom stereocenters. The smallest absolute Gasteiger partial charge is 0.123 e. The first-order valence-electron chi connectivity index (χ1n) is 7.18. The summed E-state index contributed by atoms with van der Waals surface area (Å²) in [5.74, 6) is 0.861. The zero-order chi connectivity index (χ0) is 15.7. The van der Waals surface area contributed by atoms with Crippen molar-refractivity contribution in [2.24, 2.45) is 5.73 Å². The Kier molecular flexibility index (Phi) is 4.59. The van der Waals surface area contributed by atoms with Crippen molar-refractivity contribution >= 4 is 23.2 Å². The number of benzene rings is 2. The third-order valence-electron chi connectivity index (χ3n) is 4.17. The van der Waals surface area contributed by atoms with Crippen LogP contribution >= 0.6 is 23.2 Å². The summed E-state index contributed by atoms with van der Waals surface area (Å²) >= 11 is 12.7. The fourth-order valence-electron chi connectivity index (χ4n) is 3.11. The molecule has 1 heterocycles. The monoisotopic (exact) mass is 336 g/mol. The maximum atomic E-state index is 6.41. The summed E-state index contributed by atoms with van der Waals surface area (Å²) in [4.78, 5) is 2.29. The van der Waals surface area contributed by atoms with Crippen LogP contribution in [0.25, 0.3) is 0 Å². The Morgan fingerprint density at radius 2 is 1.95 bits per heavy atom. The van der Waals surface area contributed by atoms with E-state index >= 15 is 0 Å². The lowest BCUT2D eigenvalue weighted by atomic mass is 10.0. The minimum atomic E-state index is 0.0777. The fourth-order valence-corrected chi connectivity index (χ4v) is 3.60. The molecule has 0 fully saturated rings. The van der Waals surface area contributed by atoms with Gasteiger partial charge in [-0.2, -0.15) is 0 Å². The molecular formula is C17H18Cl2N2O. The van der Waals surface area contributed by atoms with Gasteiger partial charge in [-0.3, -0.25) is 4.90 Å². The molecule has 5 heteroatoms. The first kappa shape index (κ1) is 15.6. The van der Waals surface area contributed by atoms with Crippen LogP contribution in [0, 0.1) is 0 Å². The van der Waals surface area contributed by atoms with Crippen molar-refractivity contribution < 1.29 is 4.74 Å². The molecule has 0 saturated heterocycles. The predicted molar refractivity (Wildman–Crippen MR) is 90.5 cm³/mol. The SMILES string of the molecule is COc1ccc(Cl)c2c1CN(Cc1ccccc1Cl)C2CN. The van der Waals surface area contributed by atoms with Crippen molar-refractivity contribution in [3.8, 4) is 5.75 Å². The second kappa shape index (κ2) is 6.47. The van der Waals surface area contributed by atoms with Crippen molar-refractivity contribution in [2.45, 2.75) is 19.1 Å². The van der Waals surface area contributed by atoms with Gasteiger partial charge in [0.15, 0.2) is 0 Å². The Morgan fingerprint density at radius 1 is 1.18 bits per heavy atom. The Labute approximate surface area is 140 Å². The zero-order valence-electron chi connectivity index (χ0n) is 12.4. The van der Waals surface area contributed by atoms with Crippen LogP contribution < -0.4 is 10.5 Å². The van der Waals surface area contributed by atoms with Gasteiger partial charge in [0, 0.05) is 41.3 Å². The fraction of sp³-hybridized carbons (Fsp3) is 0.294. The quantitative estimate of drug-likeness (QED) is 0.916. The van der Waals surface area contributed by atoms with Crippen LogP contribution in [0.3, 0.4) is 0 Å². The highest BCUT2D eigenvalue weighted by atomic mass is 35.5. The highest BCUT2D eigenvalue weighted by molar-refractivity contribution is 6.31. The molecule has 22 heavy (non-hydrogen) atoms. The van der Waals surface area contributed by atoms with E-state index in [9.17, 15) is 0 Å². The highest BCUT2D eigenvalue weighted by Gasteiger charge is 2.33. The lowest BCUT2D eigenvalue weighted by Crippen LogP contribution is -2.27. The molecule has 2 aromatic rings. The Bertz CT molecular complexity index is 690. The van der Waals surface area contributed by atoms with E-state index in [1.807, 2.05) is 36.4 Å².